The van der Waals surface area contributed by atoms with Crippen molar-refractivity contribution >= 4 is 17.7 Å². The fourth-order valence-electron chi connectivity index (χ4n) is 2.72. The third-order valence-corrected chi connectivity index (χ3v) is 4.98. The molecule has 0 atom stereocenters. The van der Waals surface area contributed by atoms with Gasteiger partial charge in [0.15, 0.2) is 0 Å². The van der Waals surface area contributed by atoms with E-state index >= 15 is 0 Å². The Kier molecular flexibility index (Phi) is 5.10. The number of rotatable bonds is 6. The molecule has 20 heavy (non-hydrogen) atoms. The smallest absolute Gasteiger partial charge is 0.230 e. The molecule has 0 saturated heterocycles. The van der Waals surface area contributed by atoms with Gasteiger partial charge in [-0.2, -0.15) is 0 Å². The molecule has 1 aliphatic carbocycles. The highest BCUT2D eigenvalue weighted by molar-refractivity contribution is 7.99. The third-order valence-electron chi connectivity index (χ3n) is 4.02. The molecule has 5 nitrogen and oxygen atoms in total. The van der Waals surface area contributed by atoms with Crippen molar-refractivity contribution in [1.29, 1.82) is 0 Å². The Morgan fingerprint density at radius 2 is 2.15 bits per heavy atom. The molecule has 1 fully saturated rings. The van der Waals surface area contributed by atoms with E-state index in [1.807, 2.05) is 13.8 Å². The molecule has 1 heterocycles. The number of thioether (sulfide) groups is 1. The molecule has 0 spiro atoms. The van der Waals surface area contributed by atoms with Crippen molar-refractivity contribution in [3.05, 3.63) is 17.0 Å². The quantitative estimate of drug-likeness (QED) is 0.838. The van der Waals surface area contributed by atoms with Crippen LogP contribution in [0.3, 0.4) is 0 Å². The van der Waals surface area contributed by atoms with Crippen molar-refractivity contribution in [2.45, 2.75) is 50.8 Å². The van der Waals surface area contributed by atoms with E-state index in [0.29, 0.717) is 12.3 Å². The first-order chi connectivity index (χ1) is 9.56. The average molecular weight is 297 g/mol. The van der Waals surface area contributed by atoms with Crippen molar-refractivity contribution in [3.8, 4) is 0 Å². The number of aryl methyl sites for hydroxylation is 2. The van der Waals surface area contributed by atoms with Gasteiger partial charge in [0.1, 0.15) is 5.76 Å². The number of carbonyl (C=O) groups is 1. The number of hydrogen-bond donors (Lipinski definition) is 2. The molecule has 3 N–H and O–H groups in total. The van der Waals surface area contributed by atoms with Gasteiger partial charge in [0.05, 0.1) is 17.0 Å². The minimum Gasteiger partial charge on any atom is -0.361 e. The number of hydrogen-bond acceptors (Lipinski definition) is 5. The molecule has 2 rings (SSSR count). The van der Waals surface area contributed by atoms with Crippen molar-refractivity contribution < 1.29 is 9.32 Å². The van der Waals surface area contributed by atoms with Gasteiger partial charge in [-0.25, -0.2) is 0 Å². The summed E-state index contributed by atoms with van der Waals surface area (Å²) in [5, 5.41) is 7.04. The molecule has 0 aromatic carbocycles. The van der Waals surface area contributed by atoms with Gasteiger partial charge < -0.3 is 15.6 Å². The van der Waals surface area contributed by atoms with Gasteiger partial charge in [0.25, 0.3) is 0 Å². The molecular weight excluding hydrogens is 274 g/mol. The van der Waals surface area contributed by atoms with Crippen molar-refractivity contribution in [1.82, 2.24) is 10.5 Å². The van der Waals surface area contributed by atoms with Crippen molar-refractivity contribution in [3.63, 3.8) is 0 Å². The normalized spacial score (nSPS) is 17.4. The second kappa shape index (κ2) is 6.63. The molecule has 0 radical (unpaired) electrons. The van der Waals surface area contributed by atoms with Crippen LogP contribution in [-0.4, -0.2) is 28.9 Å². The lowest BCUT2D eigenvalue weighted by molar-refractivity contribution is -0.120. The SMILES string of the molecule is Cc1noc(C)c1CSCC(=O)NC1(CN)CCCC1. The molecule has 1 saturated carbocycles. The van der Waals surface area contributed by atoms with E-state index in [1.165, 1.54) is 0 Å². The van der Waals surface area contributed by atoms with Crippen LogP contribution in [0.5, 0.6) is 0 Å². The largest absolute Gasteiger partial charge is 0.361 e. The molecule has 112 valence electrons. The van der Waals surface area contributed by atoms with Crippen LogP contribution in [0.25, 0.3) is 0 Å². The van der Waals surface area contributed by atoms with E-state index in [0.717, 1.165) is 48.5 Å². The molecule has 0 unspecified atom stereocenters. The van der Waals surface area contributed by atoms with Crippen LogP contribution in [0, 0.1) is 13.8 Å². The van der Waals surface area contributed by atoms with E-state index in [-0.39, 0.29) is 11.4 Å². The Bertz CT molecular complexity index is 447. The van der Waals surface area contributed by atoms with E-state index in [9.17, 15) is 4.79 Å². The highest BCUT2D eigenvalue weighted by Crippen LogP contribution is 2.28. The third kappa shape index (κ3) is 3.55. The number of carbonyl (C=O) groups excluding carboxylic acids is 1. The fourth-order valence-corrected chi connectivity index (χ4v) is 3.69. The summed E-state index contributed by atoms with van der Waals surface area (Å²) in [4.78, 5) is 12.0. The zero-order valence-corrected chi connectivity index (χ0v) is 13.0. The van der Waals surface area contributed by atoms with Crippen LogP contribution >= 0.6 is 11.8 Å². The fraction of sp³-hybridized carbons (Fsp3) is 0.714. The zero-order chi connectivity index (χ0) is 14.6. The Hall–Kier alpha value is -1.01. The maximum atomic E-state index is 12.0. The van der Waals surface area contributed by atoms with Crippen LogP contribution in [0.15, 0.2) is 4.52 Å². The second-order valence-electron chi connectivity index (χ2n) is 5.54. The zero-order valence-electron chi connectivity index (χ0n) is 12.2. The van der Waals surface area contributed by atoms with Gasteiger partial charge in [-0.15, -0.1) is 11.8 Å². The first kappa shape index (κ1) is 15.4. The van der Waals surface area contributed by atoms with Crippen LogP contribution in [0.4, 0.5) is 0 Å². The lowest BCUT2D eigenvalue weighted by Crippen LogP contribution is -2.52. The van der Waals surface area contributed by atoms with Gasteiger partial charge in [-0.1, -0.05) is 18.0 Å². The minimum absolute atomic E-state index is 0.0779. The summed E-state index contributed by atoms with van der Waals surface area (Å²) >= 11 is 1.59. The summed E-state index contributed by atoms with van der Waals surface area (Å²) in [7, 11) is 0. The first-order valence-electron chi connectivity index (χ1n) is 7.07. The predicted octanol–water partition coefficient (Wildman–Crippen LogP) is 1.91. The lowest BCUT2D eigenvalue weighted by Gasteiger charge is -2.28. The Morgan fingerprint density at radius 3 is 2.70 bits per heavy atom. The van der Waals surface area contributed by atoms with Gasteiger partial charge in [0.2, 0.25) is 5.91 Å². The number of nitrogens with zero attached hydrogens (tertiary/aromatic N) is 1. The van der Waals surface area contributed by atoms with Crippen molar-refractivity contribution in [2.75, 3.05) is 12.3 Å². The molecule has 1 aromatic heterocycles. The van der Waals surface area contributed by atoms with Crippen LogP contribution in [0.1, 0.15) is 42.7 Å². The number of nitrogens with two attached hydrogens (primary N) is 1. The number of nitrogens with one attached hydrogen (secondary N) is 1. The van der Waals surface area contributed by atoms with E-state index < -0.39 is 0 Å². The van der Waals surface area contributed by atoms with Crippen LogP contribution in [0.2, 0.25) is 0 Å². The Labute approximate surface area is 124 Å². The summed E-state index contributed by atoms with van der Waals surface area (Å²) in [6.07, 6.45) is 4.32. The van der Waals surface area contributed by atoms with Gasteiger partial charge >= 0.3 is 0 Å². The van der Waals surface area contributed by atoms with Gasteiger partial charge in [-0.3, -0.25) is 4.79 Å². The van der Waals surface area contributed by atoms with E-state index in [4.69, 9.17) is 10.3 Å². The van der Waals surface area contributed by atoms with Crippen LogP contribution in [-0.2, 0) is 10.5 Å². The maximum absolute atomic E-state index is 12.0. The predicted molar refractivity (Wildman–Crippen MR) is 80.5 cm³/mol. The Balaban J connectivity index is 1.78. The summed E-state index contributed by atoms with van der Waals surface area (Å²) < 4.78 is 5.11. The molecule has 6 heteroatoms. The lowest BCUT2D eigenvalue weighted by atomic mass is 9.98. The standard InChI is InChI=1S/C14H23N3O2S/c1-10-12(11(2)19-17-10)7-20-8-13(18)16-14(9-15)5-3-4-6-14/h3-9,15H2,1-2H3,(H,16,18). The summed E-state index contributed by atoms with van der Waals surface area (Å²) in [5.41, 5.74) is 7.67. The maximum Gasteiger partial charge on any atom is 0.230 e. The highest BCUT2D eigenvalue weighted by atomic mass is 32.2. The number of amides is 1. The first-order valence-corrected chi connectivity index (χ1v) is 8.22. The van der Waals surface area contributed by atoms with E-state index in [2.05, 4.69) is 10.5 Å². The van der Waals surface area contributed by atoms with Gasteiger partial charge in [-0.05, 0) is 26.7 Å². The molecule has 0 bridgehead atoms. The van der Waals surface area contributed by atoms with Crippen molar-refractivity contribution in [2.24, 2.45) is 5.73 Å². The molecule has 1 aliphatic rings. The van der Waals surface area contributed by atoms with E-state index in [1.54, 1.807) is 11.8 Å². The molecule has 1 amide bonds. The topological polar surface area (TPSA) is 81.2 Å². The second-order valence-corrected chi connectivity index (χ2v) is 6.52. The summed E-state index contributed by atoms with van der Waals surface area (Å²) in [6.45, 7) is 4.36. The summed E-state index contributed by atoms with van der Waals surface area (Å²) in [6, 6.07) is 0. The van der Waals surface area contributed by atoms with Crippen LogP contribution < -0.4 is 11.1 Å². The molecule has 1 aromatic rings. The van der Waals surface area contributed by atoms with Gasteiger partial charge in [0, 0.05) is 17.9 Å². The summed E-state index contributed by atoms with van der Waals surface area (Å²) in [5.74, 6) is 2.12. The average Bonchev–Trinajstić information content (AvgIpc) is 3.00. The highest BCUT2D eigenvalue weighted by Gasteiger charge is 2.33. The molecule has 0 aliphatic heterocycles. The Morgan fingerprint density at radius 1 is 1.45 bits per heavy atom. The minimum atomic E-state index is -0.152. The molecular formula is C14H23N3O2S. The monoisotopic (exact) mass is 297 g/mol. The number of aromatic nitrogens is 1.